The molecule has 0 amide bonds. The highest BCUT2D eigenvalue weighted by Crippen LogP contribution is 2.20. The summed E-state index contributed by atoms with van der Waals surface area (Å²) < 4.78 is 0. The monoisotopic (exact) mass is 287 g/mol. The van der Waals surface area contributed by atoms with E-state index in [-0.39, 0.29) is 0 Å². The van der Waals surface area contributed by atoms with Gasteiger partial charge in [0, 0.05) is 12.6 Å². The van der Waals surface area contributed by atoms with Gasteiger partial charge in [0.1, 0.15) is 0 Å². The van der Waals surface area contributed by atoms with Gasteiger partial charge in [0.05, 0.1) is 0 Å². The molecule has 0 bridgehead atoms. The summed E-state index contributed by atoms with van der Waals surface area (Å²) in [4.78, 5) is 0. The topological polar surface area (TPSA) is 12.0 Å². The lowest BCUT2D eigenvalue weighted by Crippen LogP contribution is -2.18. The molecule has 1 nitrogen and oxygen atoms in total. The number of nitrogens with one attached hydrogen (secondary N) is 1. The first kappa shape index (κ1) is 14.6. The van der Waals surface area contributed by atoms with E-state index in [1.807, 2.05) is 6.07 Å². The standard InChI is InChI=1S/C21H21N/c1-17(22-15-7-10-18-8-3-2-4-9-18)20-14-13-19-11-5-6-12-21(19)16-20/h2-14,16-17,22H,15H2,1H3. The van der Waals surface area contributed by atoms with E-state index in [2.05, 4.69) is 91.1 Å². The molecule has 0 fully saturated rings. The van der Waals surface area contributed by atoms with Crippen molar-refractivity contribution in [2.24, 2.45) is 0 Å². The highest BCUT2D eigenvalue weighted by atomic mass is 14.9. The molecule has 3 rings (SSSR count). The predicted molar refractivity (Wildman–Crippen MR) is 95.8 cm³/mol. The Morgan fingerprint density at radius 1 is 0.864 bits per heavy atom. The van der Waals surface area contributed by atoms with E-state index in [0.717, 1.165) is 6.54 Å². The molecule has 0 aliphatic rings. The Hall–Kier alpha value is -2.38. The van der Waals surface area contributed by atoms with Gasteiger partial charge in [-0.2, -0.15) is 0 Å². The Morgan fingerprint density at radius 2 is 1.59 bits per heavy atom. The SMILES string of the molecule is CC(NCC=Cc1ccccc1)c1ccc2ccccc2c1. The van der Waals surface area contributed by atoms with E-state index in [9.17, 15) is 0 Å². The molecule has 1 N–H and O–H groups in total. The first-order valence-corrected chi connectivity index (χ1v) is 7.76. The number of rotatable bonds is 5. The molecule has 1 atom stereocenters. The molecule has 0 aliphatic heterocycles. The zero-order valence-electron chi connectivity index (χ0n) is 12.9. The van der Waals surface area contributed by atoms with Crippen LogP contribution in [0.25, 0.3) is 16.8 Å². The quantitative estimate of drug-likeness (QED) is 0.679. The third kappa shape index (κ3) is 3.63. The minimum Gasteiger partial charge on any atom is -0.307 e. The Labute approximate surface area is 132 Å². The van der Waals surface area contributed by atoms with Crippen LogP contribution in [-0.4, -0.2) is 6.54 Å². The Bertz CT molecular complexity index is 759. The van der Waals surface area contributed by atoms with Gasteiger partial charge in [0.25, 0.3) is 0 Å². The van der Waals surface area contributed by atoms with Gasteiger partial charge in [-0.25, -0.2) is 0 Å². The maximum atomic E-state index is 3.55. The van der Waals surface area contributed by atoms with E-state index in [1.165, 1.54) is 21.9 Å². The number of hydrogen-bond acceptors (Lipinski definition) is 1. The summed E-state index contributed by atoms with van der Waals surface area (Å²) in [5.74, 6) is 0. The van der Waals surface area contributed by atoms with Crippen LogP contribution in [0.15, 0.2) is 78.9 Å². The molecule has 1 unspecified atom stereocenters. The Balaban J connectivity index is 1.61. The van der Waals surface area contributed by atoms with Crippen molar-refractivity contribution >= 4 is 16.8 Å². The lowest BCUT2D eigenvalue weighted by molar-refractivity contribution is 0.619. The molecule has 110 valence electrons. The van der Waals surface area contributed by atoms with Gasteiger partial charge in [-0.15, -0.1) is 0 Å². The summed E-state index contributed by atoms with van der Waals surface area (Å²) in [7, 11) is 0. The van der Waals surface area contributed by atoms with Gasteiger partial charge in [0.15, 0.2) is 0 Å². The molecule has 0 aromatic heterocycles. The molecule has 0 saturated carbocycles. The largest absolute Gasteiger partial charge is 0.307 e. The molecule has 3 aromatic carbocycles. The fraction of sp³-hybridized carbons (Fsp3) is 0.143. The minimum atomic E-state index is 0.338. The van der Waals surface area contributed by atoms with Gasteiger partial charge in [-0.1, -0.05) is 78.9 Å². The van der Waals surface area contributed by atoms with Crippen molar-refractivity contribution in [3.8, 4) is 0 Å². The summed E-state index contributed by atoms with van der Waals surface area (Å²) in [5.41, 5.74) is 2.56. The average molecular weight is 287 g/mol. The average Bonchev–Trinajstić information content (AvgIpc) is 2.59. The zero-order chi connectivity index (χ0) is 15.2. The number of hydrogen-bond donors (Lipinski definition) is 1. The van der Waals surface area contributed by atoms with Gasteiger partial charge in [-0.3, -0.25) is 0 Å². The van der Waals surface area contributed by atoms with Crippen molar-refractivity contribution in [1.29, 1.82) is 0 Å². The highest BCUT2D eigenvalue weighted by Gasteiger charge is 2.04. The second-order valence-corrected chi connectivity index (χ2v) is 5.55. The van der Waals surface area contributed by atoms with Gasteiger partial charge < -0.3 is 5.32 Å². The first-order chi connectivity index (χ1) is 10.8. The molecule has 0 spiro atoms. The lowest BCUT2D eigenvalue weighted by atomic mass is 10.0. The second kappa shape index (κ2) is 7.06. The number of fused-ring (bicyclic) bond motifs is 1. The van der Waals surface area contributed by atoms with E-state index in [1.54, 1.807) is 0 Å². The zero-order valence-corrected chi connectivity index (χ0v) is 12.9. The van der Waals surface area contributed by atoms with Crippen LogP contribution in [0.4, 0.5) is 0 Å². The third-order valence-corrected chi connectivity index (χ3v) is 3.93. The van der Waals surface area contributed by atoms with Crippen molar-refractivity contribution < 1.29 is 0 Å². The second-order valence-electron chi connectivity index (χ2n) is 5.55. The maximum Gasteiger partial charge on any atom is 0.0294 e. The summed E-state index contributed by atoms with van der Waals surface area (Å²) in [6, 6.07) is 25.9. The maximum absolute atomic E-state index is 3.55. The smallest absolute Gasteiger partial charge is 0.0294 e. The van der Waals surface area contributed by atoms with Crippen LogP contribution in [0.1, 0.15) is 24.1 Å². The molecule has 3 aromatic rings. The van der Waals surface area contributed by atoms with Crippen LogP contribution >= 0.6 is 0 Å². The van der Waals surface area contributed by atoms with Crippen LogP contribution in [0.3, 0.4) is 0 Å². The lowest BCUT2D eigenvalue weighted by Gasteiger charge is -2.13. The Morgan fingerprint density at radius 3 is 2.41 bits per heavy atom. The normalized spacial score (nSPS) is 12.8. The fourth-order valence-electron chi connectivity index (χ4n) is 2.60. The van der Waals surface area contributed by atoms with Crippen molar-refractivity contribution in [1.82, 2.24) is 5.32 Å². The van der Waals surface area contributed by atoms with E-state index in [4.69, 9.17) is 0 Å². The summed E-state index contributed by atoms with van der Waals surface area (Å²) in [6.07, 6.45) is 4.33. The molecular formula is C21H21N. The van der Waals surface area contributed by atoms with E-state index < -0.39 is 0 Å². The molecule has 0 saturated heterocycles. The van der Waals surface area contributed by atoms with E-state index in [0.29, 0.717) is 6.04 Å². The molecule has 0 aliphatic carbocycles. The van der Waals surface area contributed by atoms with Crippen LogP contribution < -0.4 is 5.32 Å². The molecule has 0 heterocycles. The molecule has 1 heteroatoms. The van der Waals surface area contributed by atoms with Gasteiger partial charge in [-0.05, 0) is 34.9 Å². The van der Waals surface area contributed by atoms with Crippen molar-refractivity contribution in [3.05, 3.63) is 90.0 Å². The van der Waals surface area contributed by atoms with E-state index >= 15 is 0 Å². The summed E-state index contributed by atoms with van der Waals surface area (Å²) in [5, 5.41) is 6.14. The summed E-state index contributed by atoms with van der Waals surface area (Å²) >= 11 is 0. The third-order valence-electron chi connectivity index (χ3n) is 3.93. The summed E-state index contributed by atoms with van der Waals surface area (Å²) in [6.45, 7) is 3.07. The van der Waals surface area contributed by atoms with Gasteiger partial charge in [0.2, 0.25) is 0 Å². The molecular weight excluding hydrogens is 266 g/mol. The molecule has 0 radical (unpaired) electrons. The van der Waals surface area contributed by atoms with Crippen LogP contribution in [0, 0.1) is 0 Å². The fourth-order valence-corrected chi connectivity index (χ4v) is 2.60. The number of benzene rings is 3. The highest BCUT2D eigenvalue weighted by molar-refractivity contribution is 5.83. The van der Waals surface area contributed by atoms with Crippen LogP contribution in [-0.2, 0) is 0 Å². The molecule has 22 heavy (non-hydrogen) atoms. The van der Waals surface area contributed by atoms with Crippen LogP contribution in [0.2, 0.25) is 0 Å². The first-order valence-electron chi connectivity index (χ1n) is 7.76. The predicted octanol–water partition coefficient (Wildman–Crippen LogP) is 5.20. The van der Waals surface area contributed by atoms with Crippen molar-refractivity contribution in [2.75, 3.05) is 6.54 Å². The van der Waals surface area contributed by atoms with Gasteiger partial charge >= 0.3 is 0 Å². The van der Waals surface area contributed by atoms with Crippen molar-refractivity contribution in [2.45, 2.75) is 13.0 Å². The van der Waals surface area contributed by atoms with Crippen LogP contribution in [0.5, 0.6) is 0 Å². The Kier molecular flexibility index (Phi) is 4.67. The minimum absolute atomic E-state index is 0.338. The van der Waals surface area contributed by atoms with Crippen molar-refractivity contribution in [3.63, 3.8) is 0 Å².